The molecule has 3 aromatic heterocycles. The molecule has 3 N–H and O–H groups in total. The number of nitrogen functional groups attached to an aromatic ring is 1. The highest BCUT2D eigenvalue weighted by Gasteiger charge is 2.22. The van der Waals surface area contributed by atoms with Crippen molar-refractivity contribution in [1.29, 1.82) is 0 Å². The zero-order valence-electron chi connectivity index (χ0n) is 20.6. The molecule has 11 nitrogen and oxygen atoms in total. The number of hydrogen-bond donors (Lipinski definition) is 2. The summed E-state index contributed by atoms with van der Waals surface area (Å²) in [7, 11) is -2.45. The number of thiazole rings is 1. The lowest BCUT2D eigenvalue weighted by Crippen LogP contribution is -2.26. The SMILES string of the molecule is COc1ccc(-n2nc(C(=O)Nc3nc(COS(=O)(=O)c4ccc(C)cc4)cs3)c3csc(N)c3c2=O)cc1. The third kappa shape index (κ3) is 5.40. The second kappa shape index (κ2) is 10.6. The summed E-state index contributed by atoms with van der Waals surface area (Å²) >= 11 is 2.22. The van der Waals surface area contributed by atoms with Crippen molar-refractivity contribution in [3.8, 4) is 11.4 Å². The van der Waals surface area contributed by atoms with Crippen molar-refractivity contribution < 1.29 is 22.1 Å². The zero-order valence-corrected chi connectivity index (χ0v) is 23.0. The van der Waals surface area contributed by atoms with Crippen molar-refractivity contribution in [2.45, 2.75) is 18.4 Å². The summed E-state index contributed by atoms with van der Waals surface area (Å²) in [5.41, 5.74) is 7.23. The van der Waals surface area contributed by atoms with Gasteiger partial charge in [-0.3, -0.25) is 19.1 Å². The molecule has 3 heterocycles. The third-order valence-electron chi connectivity index (χ3n) is 5.66. The number of nitrogens with one attached hydrogen (secondary N) is 1. The number of amides is 1. The highest BCUT2D eigenvalue weighted by Crippen LogP contribution is 2.28. The number of thiophene rings is 1. The molecule has 2 aromatic carbocycles. The van der Waals surface area contributed by atoms with Gasteiger partial charge in [-0.2, -0.15) is 18.2 Å². The number of aromatic nitrogens is 3. The fourth-order valence-electron chi connectivity index (χ4n) is 3.64. The number of rotatable bonds is 8. The molecular formula is C25H21N5O6S3. The minimum absolute atomic E-state index is 0.0247. The van der Waals surface area contributed by atoms with Gasteiger partial charge in [0.05, 0.1) is 33.8 Å². The third-order valence-corrected chi connectivity index (χ3v) is 8.55. The Hall–Kier alpha value is -4.11. The number of nitrogens with zero attached hydrogens (tertiary/aromatic N) is 3. The van der Waals surface area contributed by atoms with E-state index in [1.54, 1.807) is 47.2 Å². The van der Waals surface area contributed by atoms with Gasteiger partial charge < -0.3 is 10.5 Å². The molecule has 0 atom stereocenters. The van der Waals surface area contributed by atoms with Crippen molar-refractivity contribution in [3.05, 3.63) is 86.6 Å². The first kappa shape index (κ1) is 26.5. The molecular weight excluding hydrogens is 563 g/mol. The monoisotopic (exact) mass is 583 g/mol. The molecule has 0 aliphatic rings. The molecule has 0 bridgehead atoms. The summed E-state index contributed by atoms with van der Waals surface area (Å²) in [6, 6.07) is 12.9. The van der Waals surface area contributed by atoms with Gasteiger partial charge in [0, 0.05) is 16.1 Å². The van der Waals surface area contributed by atoms with E-state index in [1.807, 2.05) is 6.92 Å². The lowest BCUT2D eigenvalue weighted by Gasteiger charge is -2.10. The maximum Gasteiger partial charge on any atom is 0.297 e. The number of aryl methyl sites for hydroxylation is 1. The smallest absolute Gasteiger partial charge is 0.297 e. The number of ether oxygens (including phenoxy) is 1. The summed E-state index contributed by atoms with van der Waals surface area (Å²) in [4.78, 5) is 30.7. The van der Waals surface area contributed by atoms with Crippen LogP contribution in [0.2, 0.25) is 0 Å². The Morgan fingerprint density at radius 2 is 1.79 bits per heavy atom. The molecule has 14 heteroatoms. The summed E-state index contributed by atoms with van der Waals surface area (Å²) in [5.74, 6) is -0.0229. The molecule has 5 aromatic rings. The van der Waals surface area contributed by atoms with Crippen LogP contribution < -0.4 is 21.3 Å². The molecule has 0 aliphatic heterocycles. The molecule has 0 saturated heterocycles. The number of nitrogens with two attached hydrogens (primary N) is 1. The number of methoxy groups -OCH3 is 1. The van der Waals surface area contributed by atoms with Gasteiger partial charge in [-0.25, -0.2) is 4.98 Å². The normalized spacial score (nSPS) is 11.5. The quantitative estimate of drug-likeness (QED) is 0.258. The summed E-state index contributed by atoms with van der Waals surface area (Å²) in [6.45, 7) is 1.54. The topological polar surface area (TPSA) is 156 Å². The average Bonchev–Trinajstić information content (AvgIpc) is 3.54. The summed E-state index contributed by atoms with van der Waals surface area (Å²) in [5, 5.41) is 11.1. The van der Waals surface area contributed by atoms with E-state index in [4.69, 9.17) is 14.7 Å². The predicted molar refractivity (Wildman–Crippen MR) is 149 cm³/mol. The van der Waals surface area contributed by atoms with Crippen molar-refractivity contribution in [2.75, 3.05) is 18.2 Å². The fraction of sp³-hybridized carbons (Fsp3) is 0.120. The van der Waals surface area contributed by atoms with Crippen molar-refractivity contribution in [3.63, 3.8) is 0 Å². The maximum atomic E-state index is 13.3. The Kier molecular flexibility index (Phi) is 7.18. The van der Waals surface area contributed by atoms with E-state index in [2.05, 4.69) is 15.4 Å². The van der Waals surface area contributed by atoms with Gasteiger partial charge in [-0.1, -0.05) is 17.7 Å². The first-order chi connectivity index (χ1) is 18.7. The maximum absolute atomic E-state index is 13.3. The molecule has 0 unspecified atom stereocenters. The van der Waals surface area contributed by atoms with Gasteiger partial charge in [0.1, 0.15) is 12.4 Å². The second-order valence-electron chi connectivity index (χ2n) is 8.28. The predicted octanol–water partition coefficient (Wildman–Crippen LogP) is 3.96. The number of fused-ring (bicyclic) bond motifs is 1. The van der Waals surface area contributed by atoms with Gasteiger partial charge >= 0.3 is 0 Å². The molecule has 0 saturated carbocycles. The van der Waals surface area contributed by atoms with Crippen LogP contribution >= 0.6 is 22.7 Å². The molecule has 0 spiro atoms. The fourth-order valence-corrected chi connectivity index (χ4v) is 6.00. The Bertz CT molecular complexity index is 1840. The van der Waals surface area contributed by atoms with E-state index < -0.39 is 21.6 Å². The molecule has 1 amide bonds. The van der Waals surface area contributed by atoms with E-state index in [0.29, 0.717) is 22.5 Å². The van der Waals surface area contributed by atoms with E-state index in [1.165, 1.54) is 19.2 Å². The average molecular weight is 584 g/mol. The van der Waals surface area contributed by atoms with Crippen LogP contribution in [0.3, 0.4) is 0 Å². The zero-order chi connectivity index (χ0) is 27.7. The summed E-state index contributed by atoms with van der Waals surface area (Å²) < 4.78 is 36.3. The van der Waals surface area contributed by atoms with E-state index in [9.17, 15) is 18.0 Å². The van der Waals surface area contributed by atoms with E-state index in [0.717, 1.165) is 32.9 Å². The molecule has 200 valence electrons. The van der Waals surface area contributed by atoms with Crippen LogP contribution in [0.5, 0.6) is 5.75 Å². The Labute approximate surface area is 230 Å². The van der Waals surface area contributed by atoms with Crippen LogP contribution in [-0.2, 0) is 20.9 Å². The lowest BCUT2D eigenvalue weighted by atomic mass is 10.2. The molecule has 39 heavy (non-hydrogen) atoms. The largest absolute Gasteiger partial charge is 0.497 e. The van der Waals surface area contributed by atoms with Gasteiger partial charge in [-0.05, 0) is 43.3 Å². The number of carbonyl (C=O) groups excluding carboxylic acids is 1. The van der Waals surface area contributed by atoms with Gasteiger partial charge in [0.25, 0.3) is 21.6 Å². The van der Waals surface area contributed by atoms with Crippen LogP contribution in [0.15, 0.2) is 69.0 Å². The van der Waals surface area contributed by atoms with Gasteiger partial charge in [-0.15, -0.1) is 22.7 Å². The molecule has 0 radical (unpaired) electrons. The number of anilines is 2. The number of hydrogen-bond acceptors (Lipinski definition) is 11. The highest BCUT2D eigenvalue weighted by molar-refractivity contribution is 7.86. The van der Waals surface area contributed by atoms with Crippen LogP contribution in [0.25, 0.3) is 16.5 Å². The molecule has 0 fully saturated rings. The minimum atomic E-state index is -3.98. The second-order valence-corrected chi connectivity index (χ2v) is 11.7. The molecule has 0 aliphatic carbocycles. The van der Waals surface area contributed by atoms with Gasteiger partial charge in [0.2, 0.25) is 0 Å². The van der Waals surface area contributed by atoms with Crippen LogP contribution in [-0.4, -0.2) is 36.2 Å². The highest BCUT2D eigenvalue weighted by atomic mass is 32.2. The number of benzene rings is 2. The van der Waals surface area contributed by atoms with Crippen molar-refractivity contribution in [1.82, 2.24) is 14.8 Å². The Morgan fingerprint density at radius 3 is 2.49 bits per heavy atom. The van der Waals surface area contributed by atoms with Crippen LogP contribution in [0, 0.1) is 6.92 Å². The van der Waals surface area contributed by atoms with Crippen molar-refractivity contribution in [2.24, 2.45) is 0 Å². The van der Waals surface area contributed by atoms with Crippen LogP contribution in [0.4, 0.5) is 10.1 Å². The van der Waals surface area contributed by atoms with Crippen molar-refractivity contribution >= 4 is 59.6 Å². The molecule has 5 rings (SSSR count). The standard InChI is InChI=1S/C25H21N5O6S3/c1-14-3-9-18(10-4-14)39(33,34)36-11-15-12-38-25(27-15)28-23(31)21-19-13-37-22(26)20(19)24(32)30(29-21)16-5-7-17(35-2)8-6-16/h3-10,12-13H,11,26H2,1-2H3,(H,27,28,31). The first-order valence-corrected chi connectivity index (χ1v) is 14.5. The summed E-state index contributed by atoms with van der Waals surface area (Å²) in [6.07, 6.45) is 0. The van der Waals surface area contributed by atoms with E-state index in [-0.39, 0.29) is 32.7 Å². The Balaban J connectivity index is 1.38. The van der Waals surface area contributed by atoms with Gasteiger partial charge in [0.15, 0.2) is 10.8 Å². The van der Waals surface area contributed by atoms with E-state index >= 15 is 0 Å². The lowest BCUT2D eigenvalue weighted by molar-refractivity contribution is 0.102. The first-order valence-electron chi connectivity index (χ1n) is 11.3. The van der Waals surface area contributed by atoms with Crippen LogP contribution in [0.1, 0.15) is 21.7 Å². The number of carbonyl (C=O) groups is 1. The Morgan fingerprint density at radius 1 is 1.08 bits per heavy atom. The minimum Gasteiger partial charge on any atom is -0.497 e.